The van der Waals surface area contributed by atoms with Crippen LogP contribution in [-0.4, -0.2) is 80.2 Å². The van der Waals surface area contributed by atoms with E-state index in [4.69, 9.17) is 14.2 Å². The molecule has 2 aliphatic heterocycles. The molecule has 0 unspecified atom stereocenters. The quantitative estimate of drug-likeness (QED) is 0.392. The van der Waals surface area contributed by atoms with E-state index in [1.165, 1.54) is 12.0 Å². The highest BCUT2D eigenvalue weighted by Gasteiger charge is 2.47. The molecule has 2 aromatic carbocycles. The van der Waals surface area contributed by atoms with Crippen molar-refractivity contribution in [2.24, 2.45) is 0 Å². The lowest BCUT2D eigenvalue weighted by atomic mass is 9.94. The Labute approximate surface area is 193 Å². The Morgan fingerprint density at radius 3 is 2.42 bits per heavy atom. The number of hydrogen-bond donors (Lipinski definition) is 1. The van der Waals surface area contributed by atoms with E-state index in [1.54, 1.807) is 49.6 Å². The number of carbonyl (C=O) groups excluding carboxylic acids is 2. The molecule has 0 spiro atoms. The molecule has 2 heterocycles. The molecule has 2 aromatic rings. The van der Waals surface area contributed by atoms with E-state index in [0.29, 0.717) is 48.9 Å². The molecule has 0 aromatic heterocycles. The Kier molecular flexibility index (Phi) is 6.96. The van der Waals surface area contributed by atoms with Gasteiger partial charge in [0.2, 0.25) is 0 Å². The average molecular weight is 453 g/mol. The van der Waals surface area contributed by atoms with Crippen molar-refractivity contribution in [1.29, 1.82) is 0 Å². The number of hydrogen-bond acceptors (Lipinski definition) is 7. The third-order valence-electron chi connectivity index (χ3n) is 6.08. The average Bonchev–Trinajstić information content (AvgIpc) is 3.12. The van der Waals surface area contributed by atoms with Crippen LogP contribution in [0.2, 0.25) is 0 Å². The van der Waals surface area contributed by atoms with Gasteiger partial charge in [-0.15, -0.1) is 0 Å². The Balaban J connectivity index is 1.80. The topological polar surface area (TPSA) is 88.5 Å². The van der Waals surface area contributed by atoms with Crippen molar-refractivity contribution < 1.29 is 28.9 Å². The summed E-state index contributed by atoms with van der Waals surface area (Å²) >= 11 is 0. The van der Waals surface area contributed by atoms with E-state index in [0.717, 1.165) is 13.1 Å². The van der Waals surface area contributed by atoms with E-state index in [2.05, 4.69) is 4.90 Å². The van der Waals surface area contributed by atoms with Gasteiger partial charge in [0.25, 0.3) is 11.7 Å². The minimum atomic E-state index is -0.809. The Morgan fingerprint density at radius 2 is 1.76 bits per heavy atom. The van der Waals surface area contributed by atoms with E-state index >= 15 is 0 Å². The van der Waals surface area contributed by atoms with Crippen LogP contribution in [0, 0.1) is 0 Å². The second kappa shape index (κ2) is 10.1. The van der Waals surface area contributed by atoms with Crippen LogP contribution in [0.1, 0.15) is 17.2 Å². The molecule has 2 saturated heterocycles. The first-order chi connectivity index (χ1) is 16.0. The molecule has 8 heteroatoms. The monoisotopic (exact) mass is 452 g/mol. The summed E-state index contributed by atoms with van der Waals surface area (Å²) in [4.78, 5) is 30.1. The molecule has 1 amide bonds. The van der Waals surface area contributed by atoms with Crippen LogP contribution in [0.15, 0.2) is 54.1 Å². The zero-order chi connectivity index (χ0) is 23.4. The lowest BCUT2D eigenvalue weighted by Crippen LogP contribution is -2.42. The molecule has 0 bridgehead atoms. The first-order valence-corrected chi connectivity index (χ1v) is 10.9. The number of ketones is 1. The van der Waals surface area contributed by atoms with Gasteiger partial charge in [-0.3, -0.25) is 14.5 Å². The van der Waals surface area contributed by atoms with E-state index in [9.17, 15) is 14.7 Å². The lowest BCUT2D eigenvalue weighted by Gasteiger charge is -2.31. The van der Waals surface area contributed by atoms with Gasteiger partial charge in [-0.2, -0.15) is 0 Å². The fourth-order valence-corrected chi connectivity index (χ4v) is 4.31. The predicted molar refractivity (Wildman–Crippen MR) is 122 cm³/mol. The molecular weight excluding hydrogens is 424 g/mol. The van der Waals surface area contributed by atoms with Gasteiger partial charge in [0.1, 0.15) is 17.3 Å². The molecule has 0 radical (unpaired) electrons. The molecule has 0 saturated carbocycles. The number of carbonyl (C=O) groups is 2. The lowest BCUT2D eigenvalue weighted by molar-refractivity contribution is -0.140. The second-order valence-corrected chi connectivity index (χ2v) is 7.92. The maximum atomic E-state index is 13.2. The zero-order valence-electron chi connectivity index (χ0n) is 18.8. The predicted octanol–water partition coefficient (Wildman–Crippen LogP) is 2.46. The van der Waals surface area contributed by atoms with Crippen LogP contribution in [0.4, 0.5) is 0 Å². The fourth-order valence-electron chi connectivity index (χ4n) is 4.31. The van der Waals surface area contributed by atoms with Crippen LogP contribution in [0.3, 0.4) is 0 Å². The Morgan fingerprint density at radius 1 is 1.03 bits per heavy atom. The van der Waals surface area contributed by atoms with Gasteiger partial charge in [-0.1, -0.05) is 30.3 Å². The largest absolute Gasteiger partial charge is 0.507 e. The van der Waals surface area contributed by atoms with Crippen molar-refractivity contribution in [2.75, 3.05) is 53.6 Å². The molecule has 4 rings (SSSR count). The van der Waals surface area contributed by atoms with Gasteiger partial charge in [0, 0.05) is 37.3 Å². The minimum absolute atomic E-state index is 0.0414. The number of nitrogens with zero attached hydrogens (tertiary/aromatic N) is 2. The number of morpholine rings is 1. The van der Waals surface area contributed by atoms with Crippen LogP contribution < -0.4 is 9.47 Å². The van der Waals surface area contributed by atoms with Crippen molar-refractivity contribution >= 4 is 17.4 Å². The molecule has 1 N–H and O–H groups in total. The van der Waals surface area contributed by atoms with Gasteiger partial charge >= 0.3 is 0 Å². The number of rotatable bonds is 7. The smallest absolute Gasteiger partial charge is 0.295 e. The summed E-state index contributed by atoms with van der Waals surface area (Å²) in [7, 11) is 3.08. The van der Waals surface area contributed by atoms with E-state index < -0.39 is 17.7 Å². The van der Waals surface area contributed by atoms with Gasteiger partial charge in [0.05, 0.1) is 39.0 Å². The standard InChI is InChI=1S/C25H28N2O6/c1-31-18-8-9-20(32-2)19(16-18)22-21(23(28)17-6-4-3-5-7-17)24(29)25(30)27(22)11-10-26-12-14-33-15-13-26/h3-9,16,22,28H,10-15H2,1-2H3/t22-/m1/s1. The van der Waals surface area contributed by atoms with E-state index in [1.807, 2.05) is 6.07 Å². The molecule has 2 fully saturated rings. The van der Waals surface area contributed by atoms with Crippen molar-refractivity contribution in [3.05, 3.63) is 65.2 Å². The van der Waals surface area contributed by atoms with Crippen LogP contribution in [-0.2, 0) is 14.3 Å². The maximum Gasteiger partial charge on any atom is 0.295 e. The number of methoxy groups -OCH3 is 2. The van der Waals surface area contributed by atoms with Gasteiger partial charge in [0.15, 0.2) is 0 Å². The number of benzene rings is 2. The van der Waals surface area contributed by atoms with Crippen LogP contribution in [0.5, 0.6) is 11.5 Å². The normalized spacial score (nSPS) is 20.8. The van der Waals surface area contributed by atoms with Crippen molar-refractivity contribution in [2.45, 2.75) is 6.04 Å². The highest BCUT2D eigenvalue weighted by atomic mass is 16.5. The van der Waals surface area contributed by atoms with Crippen molar-refractivity contribution in [3.8, 4) is 11.5 Å². The third-order valence-corrected chi connectivity index (χ3v) is 6.08. The van der Waals surface area contributed by atoms with Crippen LogP contribution >= 0.6 is 0 Å². The summed E-state index contributed by atoms with van der Waals surface area (Å²) in [5.41, 5.74) is 1.09. The summed E-state index contributed by atoms with van der Waals surface area (Å²) < 4.78 is 16.4. The Bertz CT molecular complexity index is 1050. The number of Topliss-reactive ketones (excluding diaryl/α,β-unsaturated/α-hetero) is 1. The molecule has 2 aliphatic rings. The van der Waals surface area contributed by atoms with Gasteiger partial charge in [-0.25, -0.2) is 0 Å². The van der Waals surface area contributed by atoms with Crippen molar-refractivity contribution in [3.63, 3.8) is 0 Å². The summed E-state index contributed by atoms with van der Waals surface area (Å²) in [6.45, 7) is 3.72. The van der Waals surface area contributed by atoms with Crippen LogP contribution in [0.25, 0.3) is 5.76 Å². The second-order valence-electron chi connectivity index (χ2n) is 7.92. The number of amides is 1. The summed E-state index contributed by atoms with van der Waals surface area (Å²) in [6.07, 6.45) is 0. The Hall–Kier alpha value is -3.36. The highest BCUT2D eigenvalue weighted by molar-refractivity contribution is 6.46. The molecule has 0 aliphatic carbocycles. The van der Waals surface area contributed by atoms with E-state index in [-0.39, 0.29) is 11.3 Å². The maximum absolute atomic E-state index is 13.2. The molecule has 174 valence electrons. The number of likely N-dealkylation sites (tertiary alicyclic amines) is 1. The fraction of sp³-hybridized carbons (Fsp3) is 0.360. The molecule has 8 nitrogen and oxygen atoms in total. The molecule has 1 atom stereocenters. The van der Waals surface area contributed by atoms with Crippen molar-refractivity contribution in [1.82, 2.24) is 9.80 Å². The first kappa shape index (κ1) is 22.8. The summed E-state index contributed by atoms with van der Waals surface area (Å²) in [5, 5.41) is 11.1. The third kappa shape index (κ3) is 4.58. The zero-order valence-corrected chi connectivity index (χ0v) is 18.8. The SMILES string of the molecule is COc1ccc(OC)c([C@@H]2C(=C(O)c3ccccc3)C(=O)C(=O)N2CCN2CCOCC2)c1. The first-order valence-electron chi connectivity index (χ1n) is 10.9. The number of aliphatic hydroxyl groups is 1. The minimum Gasteiger partial charge on any atom is -0.507 e. The van der Waals surface area contributed by atoms with Gasteiger partial charge in [-0.05, 0) is 18.2 Å². The molecule has 33 heavy (non-hydrogen) atoms. The van der Waals surface area contributed by atoms with Gasteiger partial charge < -0.3 is 24.2 Å². The summed E-state index contributed by atoms with van der Waals surface area (Å²) in [5.74, 6) is -0.510. The number of ether oxygens (including phenoxy) is 3. The molecular formula is C25H28N2O6. The summed E-state index contributed by atoms with van der Waals surface area (Å²) in [6, 6.07) is 13.2. The highest BCUT2D eigenvalue weighted by Crippen LogP contribution is 2.43. The number of aliphatic hydroxyl groups excluding tert-OH is 1.